The Kier molecular flexibility index (Phi) is 6.70. The Bertz CT molecular complexity index is 541. The first-order valence-electron chi connectivity index (χ1n) is 7.15. The molecule has 0 aliphatic heterocycles. The predicted octanol–water partition coefficient (Wildman–Crippen LogP) is 4.44. The summed E-state index contributed by atoms with van der Waals surface area (Å²) in [6.07, 6.45) is 3.10. The van der Waals surface area contributed by atoms with Crippen LogP contribution in [-0.4, -0.2) is 6.61 Å². The molecule has 3 nitrogen and oxygen atoms in total. The summed E-state index contributed by atoms with van der Waals surface area (Å²) < 4.78 is 6.83. The van der Waals surface area contributed by atoms with Gasteiger partial charge in [0.2, 0.25) is 0 Å². The molecule has 1 heterocycles. The molecule has 2 rings (SSSR count). The van der Waals surface area contributed by atoms with Gasteiger partial charge in [0.1, 0.15) is 5.75 Å². The highest BCUT2D eigenvalue weighted by molar-refractivity contribution is 9.10. The SMILES string of the molecule is CCCCOc1ccc(C(Cc2sccc2Br)NN)cc1. The summed E-state index contributed by atoms with van der Waals surface area (Å²) in [6.45, 7) is 2.93. The molecule has 1 aromatic carbocycles. The molecule has 5 heteroatoms. The van der Waals surface area contributed by atoms with Crippen molar-refractivity contribution in [2.75, 3.05) is 6.61 Å². The Morgan fingerprint density at radius 2 is 2.05 bits per heavy atom. The van der Waals surface area contributed by atoms with Crippen molar-refractivity contribution < 1.29 is 4.74 Å². The average molecular weight is 369 g/mol. The minimum Gasteiger partial charge on any atom is -0.494 e. The molecule has 0 amide bonds. The van der Waals surface area contributed by atoms with E-state index in [1.165, 1.54) is 10.4 Å². The molecule has 2 aromatic rings. The molecular weight excluding hydrogens is 348 g/mol. The highest BCUT2D eigenvalue weighted by Crippen LogP contribution is 2.28. The largest absolute Gasteiger partial charge is 0.494 e. The van der Waals surface area contributed by atoms with Crippen LogP contribution in [0.4, 0.5) is 0 Å². The lowest BCUT2D eigenvalue weighted by Gasteiger charge is -2.16. The molecule has 0 aliphatic carbocycles. The standard InChI is InChI=1S/C16H21BrN2OS/c1-2-3-9-20-13-6-4-12(5-7-13)15(19-18)11-16-14(17)8-10-21-16/h4-8,10,15,19H,2-3,9,11,18H2,1H3. The summed E-state index contributed by atoms with van der Waals surface area (Å²) in [7, 11) is 0. The first-order valence-corrected chi connectivity index (χ1v) is 8.82. The molecule has 0 bridgehead atoms. The van der Waals surface area contributed by atoms with Crippen LogP contribution >= 0.6 is 27.3 Å². The van der Waals surface area contributed by atoms with Gasteiger partial charge in [-0.15, -0.1) is 11.3 Å². The number of ether oxygens (including phenoxy) is 1. The topological polar surface area (TPSA) is 47.3 Å². The van der Waals surface area contributed by atoms with E-state index in [0.29, 0.717) is 0 Å². The molecule has 0 radical (unpaired) electrons. The van der Waals surface area contributed by atoms with E-state index in [1.54, 1.807) is 11.3 Å². The van der Waals surface area contributed by atoms with Crippen LogP contribution in [0.15, 0.2) is 40.2 Å². The minimum absolute atomic E-state index is 0.102. The van der Waals surface area contributed by atoms with Gasteiger partial charge in [-0.3, -0.25) is 11.3 Å². The second-order valence-electron chi connectivity index (χ2n) is 4.89. The molecule has 3 N–H and O–H groups in total. The van der Waals surface area contributed by atoms with Crippen molar-refractivity contribution in [3.63, 3.8) is 0 Å². The van der Waals surface area contributed by atoms with E-state index in [1.807, 2.05) is 12.1 Å². The number of hydrogen-bond acceptors (Lipinski definition) is 4. The van der Waals surface area contributed by atoms with Crippen molar-refractivity contribution in [2.24, 2.45) is 5.84 Å². The smallest absolute Gasteiger partial charge is 0.119 e. The molecule has 0 fully saturated rings. The van der Waals surface area contributed by atoms with Gasteiger partial charge >= 0.3 is 0 Å². The summed E-state index contributed by atoms with van der Waals surface area (Å²) in [5, 5.41) is 2.08. The molecular formula is C16H21BrN2OS. The number of nitrogens with two attached hydrogens (primary N) is 1. The molecule has 1 aromatic heterocycles. The molecule has 1 unspecified atom stereocenters. The monoisotopic (exact) mass is 368 g/mol. The molecule has 0 aliphatic rings. The van der Waals surface area contributed by atoms with Crippen molar-refractivity contribution in [2.45, 2.75) is 32.2 Å². The molecule has 1 atom stereocenters. The second kappa shape index (κ2) is 8.54. The maximum Gasteiger partial charge on any atom is 0.119 e. The van der Waals surface area contributed by atoms with Crippen molar-refractivity contribution in [1.29, 1.82) is 0 Å². The van der Waals surface area contributed by atoms with Crippen LogP contribution in [-0.2, 0) is 6.42 Å². The summed E-state index contributed by atoms with van der Waals surface area (Å²) in [4.78, 5) is 1.29. The van der Waals surface area contributed by atoms with Crippen LogP contribution in [0.25, 0.3) is 0 Å². The predicted molar refractivity (Wildman–Crippen MR) is 92.6 cm³/mol. The van der Waals surface area contributed by atoms with Crippen LogP contribution in [0.3, 0.4) is 0 Å². The molecule has 0 saturated carbocycles. The Morgan fingerprint density at radius 1 is 1.29 bits per heavy atom. The number of hydrazine groups is 1. The fraction of sp³-hybridized carbons (Fsp3) is 0.375. The molecule has 0 saturated heterocycles. The zero-order valence-electron chi connectivity index (χ0n) is 12.1. The number of rotatable bonds is 8. The van der Waals surface area contributed by atoms with Gasteiger partial charge in [-0.1, -0.05) is 25.5 Å². The van der Waals surface area contributed by atoms with Crippen LogP contribution < -0.4 is 16.0 Å². The van der Waals surface area contributed by atoms with E-state index >= 15 is 0 Å². The van der Waals surface area contributed by atoms with Gasteiger partial charge in [0.05, 0.1) is 12.6 Å². The van der Waals surface area contributed by atoms with E-state index < -0.39 is 0 Å². The van der Waals surface area contributed by atoms with Gasteiger partial charge in [0.25, 0.3) is 0 Å². The number of hydrogen-bond donors (Lipinski definition) is 2. The fourth-order valence-corrected chi connectivity index (χ4v) is 3.62. The van der Waals surface area contributed by atoms with Crippen molar-refractivity contribution in [1.82, 2.24) is 5.43 Å². The lowest BCUT2D eigenvalue weighted by Crippen LogP contribution is -2.29. The second-order valence-corrected chi connectivity index (χ2v) is 6.74. The first kappa shape index (κ1) is 16.5. The minimum atomic E-state index is 0.102. The molecule has 0 spiro atoms. The number of halogens is 1. The number of nitrogens with one attached hydrogen (secondary N) is 1. The van der Waals surface area contributed by atoms with Crippen LogP contribution in [0, 0.1) is 0 Å². The Hall–Kier alpha value is -0.880. The van der Waals surface area contributed by atoms with Crippen LogP contribution in [0.1, 0.15) is 36.2 Å². The zero-order chi connectivity index (χ0) is 15.1. The van der Waals surface area contributed by atoms with Gasteiger partial charge in [0.15, 0.2) is 0 Å². The van der Waals surface area contributed by atoms with E-state index in [9.17, 15) is 0 Å². The number of unbranched alkanes of at least 4 members (excludes halogenated alkanes) is 1. The summed E-state index contributed by atoms with van der Waals surface area (Å²) in [5.41, 5.74) is 4.07. The third kappa shape index (κ3) is 4.81. The van der Waals surface area contributed by atoms with Gasteiger partial charge < -0.3 is 4.74 Å². The van der Waals surface area contributed by atoms with Gasteiger partial charge in [0, 0.05) is 15.8 Å². The summed E-state index contributed by atoms with van der Waals surface area (Å²) in [6, 6.07) is 10.3. The number of benzene rings is 1. The summed E-state index contributed by atoms with van der Waals surface area (Å²) >= 11 is 5.30. The first-order chi connectivity index (χ1) is 10.2. The quantitative estimate of drug-likeness (QED) is 0.411. The lowest BCUT2D eigenvalue weighted by atomic mass is 10.0. The maximum atomic E-state index is 5.72. The lowest BCUT2D eigenvalue weighted by molar-refractivity contribution is 0.309. The van der Waals surface area contributed by atoms with Crippen LogP contribution in [0.5, 0.6) is 5.75 Å². The van der Waals surface area contributed by atoms with Crippen molar-refractivity contribution in [3.8, 4) is 5.75 Å². The summed E-state index contributed by atoms with van der Waals surface area (Å²) in [5.74, 6) is 6.63. The van der Waals surface area contributed by atoms with Crippen LogP contribution in [0.2, 0.25) is 0 Å². The highest BCUT2D eigenvalue weighted by atomic mass is 79.9. The molecule has 114 valence electrons. The van der Waals surface area contributed by atoms with Crippen molar-refractivity contribution in [3.05, 3.63) is 50.6 Å². The third-order valence-corrected chi connectivity index (χ3v) is 5.28. The van der Waals surface area contributed by atoms with Crippen molar-refractivity contribution >= 4 is 27.3 Å². The maximum absolute atomic E-state index is 5.72. The van der Waals surface area contributed by atoms with Gasteiger partial charge in [-0.2, -0.15) is 0 Å². The van der Waals surface area contributed by atoms with E-state index in [0.717, 1.165) is 36.1 Å². The molecule has 21 heavy (non-hydrogen) atoms. The number of thiophene rings is 1. The van der Waals surface area contributed by atoms with Gasteiger partial charge in [-0.05, 0) is 51.5 Å². The van der Waals surface area contributed by atoms with E-state index in [2.05, 4.69) is 51.9 Å². The van der Waals surface area contributed by atoms with E-state index in [-0.39, 0.29) is 6.04 Å². The Labute approximate surface area is 138 Å². The normalized spacial score (nSPS) is 12.3. The Balaban J connectivity index is 2.00. The fourth-order valence-electron chi connectivity index (χ4n) is 2.06. The third-order valence-electron chi connectivity index (χ3n) is 3.33. The zero-order valence-corrected chi connectivity index (χ0v) is 14.5. The van der Waals surface area contributed by atoms with E-state index in [4.69, 9.17) is 10.6 Å². The average Bonchev–Trinajstić information content (AvgIpc) is 2.91. The van der Waals surface area contributed by atoms with Gasteiger partial charge in [-0.25, -0.2) is 0 Å². The Morgan fingerprint density at radius 3 is 2.62 bits per heavy atom. The highest BCUT2D eigenvalue weighted by Gasteiger charge is 2.13.